The van der Waals surface area contributed by atoms with Crippen molar-refractivity contribution in [1.82, 2.24) is 10.3 Å². The molecule has 1 aromatic carbocycles. The zero-order valence-electron chi connectivity index (χ0n) is 17.8. The highest BCUT2D eigenvalue weighted by Gasteiger charge is 2.28. The minimum atomic E-state index is -0.493. The summed E-state index contributed by atoms with van der Waals surface area (Å²) in [5.74, 6) is 1.01. The number of fused-ring (bicyclic) bond motifs is 1. The number of methoxy groups -OCH3 is 1. The van der Waals surface area contributed by atoms with Gasteiger partial charge in [-0.25, -0.2) is 4.79 Å². The number of alkyl carbamates (subject to hydrolysis) is 1. The van der Waals surface area contributed by atoms with E-state index in [0.29, 0.717) is 6.42 Å². The standard InChI is InChI=1S/C23H32N2O4/c1-23(2,3)29-22(27)25-17-7-5-15(6-8-17)21(26)13-16-11-12-24-20-10-9-18(28-4)14-19(16)20/h9-12,14-15,17,21,26H,5-8,13H2,1-4H3,(H,25,27). The van der Waals surface area contributed by atoms with Crippen molar-refractivity contribution in [3.63, 3.8) is 0 Å². The highest BCUT2D eigenvalue weighted by atomic mass is 16.6. The molecule has 0 saturated heterocycles. The fraction of sp³-hybridized carbons (Fsp3) is 0.565. The lowest BCUT2D eigenvalue weighted by molar-refractivity contribution is 0.0451. The summed E-state index contributed by atoms with van der Waals surface area (Å²) in [6.45, 7) is 5.58. The van der Waals surface area contributed by atoms with Gasteiger partial charge in [-0.1, -0.05) is 0 Å². The highest BCUT2D eigenvalue weighted by molar-refractivity contribution is 5.83. The van der Waals surface area contributed by atoms with Gasteiger partial charge in [-0.2, -0.15) is 0 Å². The molecule has 1 atom stereocenters. The molecule has 29 heavy (non-hydrogen) atoms. The van der Waals surface area contributed by atoms with Crippen LogP contribution >= 0.6 is 0 Å². The first-order chi connectivity index (χ1) is 13.7. The summed E-state index contributed by atoms with van der Waals surface area (Å²) in [6, 6.07) is 7.90. The Balaban J connectivity index is 1.57. The van der Waals surface area contributed by atoms with Gasteiger partial charge in [0.25, 0.3) is 0 Å². The number of benzene rings is 1. The van der Waals surface area contributed by atoms with E-state index >= 15 is 0 Å². The molecule has 1 aliphatic carbocycles. The van der Waals surface area contributed by atoms with Crippen LogP contribution in [0.4, 0.5) is 4.79 Å². The number of aliphatic hydroxyl groups is 1. The molecular formula is C23H32N2O4. The molecule has 1 saturated carbocycles. The summed E-state index contributed by atoms with van der Waals surface area (Å²) in [4.78, 5) is 16.4. The van der Waals surface area contributed by atoms with Crippen molar-refractivity contribution < 1.29 is 19.4 Å². The lowest BCUT2D eigenvalue weighted by Gasteiger charge is -2.32. The van der Waals surface area contributed by atoms with Crippen molar-refractivity contribution >= 4 is 17.0 Å². The summed E-state index contributed by atoms with van der Waals surface area (Å²) >= 11 is 0. The number of amides is 1. The molecule has 1 aliphatic rings. The van der Waals surface area contributed by atoms with Gasteiger partial charge in [-0.3, -0.25) is 4.98 Å². The van der Waals surface area contributed by atoms with Crippen LogP contribution in [0.2, 0.25) is 0 Å². The second-order valence-electron chi connectivity index (χ2n) is 8.88. The minimum Gasteiger partial charge on any atom is -0.497 e. The monoisotopic (exact) mass is 400 g/mol. The third-order valence-corrected chi connectivity index (χ3v) is 5.50. The van der Waals surface area contributed by atoms with Gasteiger partial charge in [0.15, 0.2) is 0 Å². The zero-order chi connectivity index (χ0) is 21.0. The molecule has 6 heteroatoms. The quantitative estimate of drug-likeness (QED) is 0.785. The van der Waals surface area contributed by atoms with E-state index in [2.05, 4.69) is 10.3 Å². The molecule has 1 amide bonds. The average Bonchev–Trinajstić information content (AvgIpc) is 2.67. The van der Waals surface area contributed by atoms with Crippen molar-refractivity contribution in [1.29, 1.82) is 0 Å². The van der Waals surface area contributed by atoms with Crippen molar-refractivity contribution in [3.05, 3.63) is 36.0 Å². The Labute approximate surface area is 172 Å². The lowest BCUT2D eigenvalue weighted by atomic mass is 9.81. The SMILES string of the molecule is COc1ccc2nccc(CC(O)C3CCC(NC(=O)OC(C)(C)C)CC3)c2c1. The largest absolute Gasteiger partial charge is 0.497 e. The molecule has 0 spiro atoms. The zero-order valence-corrected chi connectivity index (χ0v) is 17.8. The van der Waals surface area contributed by atoms with Crippen LogP contribution in [0.15, 0.2) is 30.5 Å². The van der Waals surface area contributed by atoms with Gasteiger partial charge in [0, 0.05) is 17.6 Å². The van der Waals surface area contributed by atoms with Crippen LogP contribution in [0.3, 0.4) is 0 Å². The number of hydrogen-bond acceptors (Lipinski definition) is 5. The van der Waals surface area contributed by atoms with E-state index in [1.54, 1.807) is 13.3 Å². The Morgan fingerprint density at radius 2 is 1.97 bits per heavy atom. The molecule has 2 aromatic rings. The van der Waals surface area contributed by atoms with Crippen molar-refractivity contribution in [2.24, 2.45) is 5.92 Å². The Kier molecular flexibility index (Phi) is 6.63. The fourth-order valence-electron chi connectivity index (χ4n) is 4.00. The van der Waals surface area contributed by atoms with Crippen LogP contribution in [-0.4, -0.2) is 41.0 Å². The van der Waals surface area contributed by atoms with Crippen molar-refractivity contribution in [2.75, 3.05) is 7.11 Å². The minimum absolute atomic E-state index is 0.110. The van der Waals surface area contributed by atoms with E-state index in [0.717, 1.165) is 47.9 Å². The normalized spacial score (nSPS) is 20.9. The van der Waals surface area contributed by atoms with E-state index in [1.165, 1.54) is 0 Å². The fourth-order valence-corrected chi connectivity index (χ4v) is 4.00. The van der Waals surface area contributed by atoms with E-state index in [4.69, 9.17) is 9.47 Å². The van der Waals surface area contributed by atoms with Crippen LogP contribution in [0.1, 0.15) is 52.0 Å². The number of aromatic nitrogens is 1. The molecule has 1 aromatic heterocycles. The van der Waals surface area contributed by atoms with E-state index < -0.39 is 11.7 Å². The predicted molar refractivity (Wildman–Crippen MR) is 113 cm³/mol. The molecule has 6 nitrogen and oxygen atoms in total. The number of carbonyl (C=O) groups is 1. The molecule has 1 heterocycles. The number of nitrogens with one attached hydrogen (secondary N) is 1. The van der Waals surface area contributed by atoms with Crippen molar-refractivity contribution in [2.45, 2.75) is 70.6 Å². The van der Waals surface area contributed by atoms with Crippen LogP contribution in [0.5, 0.6) is 5.75 Å². The molecule has 2 N–H and O–H groups in total. The second kappa shape index (κ2) is 8.99. The maximum Gasteiger partial charge on any atom is 0.407 e. The summed E-state index contributed by atoms with van der Waals surface area (Å²) < 4.78 is 10.7. The number of hydrogen-bond donors (Lipinski definition) is 2. The van der Waals surface area contributed by atoms with Crippen molar-refractivity contribution in [3.8, 4) is 5.75 Å². The Bertz CT molecular complexity index is 838. The second-order valence-corrected chi connectivity index (χ2v) is 8.88. The van der Waals surface area contributed by atoms with E-state index in [9.17, 15) is 9.90 Å². The topological polar surface area (TPSA) is 80.7 Å². The van der Waals surface area contributed by atoms with Gasteiger partial charge in [0.1, 0.15) is 11.4 Å². The maximum atomic E-state index is 12.0. The maximum absolute atomic E-state index is 12.0. The van der Waals surface area contributed by atoms with Crippen LogP contribution in [-0.2, 0) is 11.2 Å². The third-order valence-electron chi connectivity index (χ3n) is 5.50. The molecule has 3 rings (SSSR count). The van der Waals surface area contributed by atoms with Gasteiger partial charge in [0.2, 0.25) is 0 Å². The van der Waals surface area contributed by atoms with Gasteiger partial charge < -0.3 is 19.9 Å². The number of rotatable bonds is 5. The highest BCUT2D eigenvalue weighted by Crippen LogP contribution is 2.30. The number of aliphatic hydroxyl groups excluding tert-OH is 1. The summed E-state index contributed by atoms with van der Waals surface area (Å²) in [6.07, 6.45) is 5.06. The third kappa shape index (κ3) is 5.82. The average molecular weight is 401 g/mol. The Morgan fingerprint density at radius 3 is 2.62 bits per heavy atom. The smallest absolute Gasteiger partial charge is 0.407 e. The van der Waals surface area contributed by atoms with Gasteiger partial charge >= 0.3 is 6.09 Å². The van der Waals surface area contributed by atoms with Gasteiger partial charge in [-0.15, -0.1) is 0 Å². The first-order valence-electron chi connectivity index (χ1n) is 10.3. The van der Waals surface area contributed by atoms with Crippen LogP contribution in [0, 0.1) is 5.92 Å². The molecule has 158 valence electrons. The molecule has 1 unspecified atom stereocenters. The summed E-state index contributed by atoms with van der Waals surface area (Å²) in [7, 11) is 1.65. The predicted octanol–water partition coefficient (Wildman–Crippen LogP) is 4.23. The molecule has 0 bridgehead atoms. The van der Waals surface area contributed by atoms with Gasteiger partial charge in [-0.05, 0) is 88.6 Å². The Morgan fingerprint density at radius 1 is 1.24 bits per heavy atom. The number of nitrogens with zero attached hydrogens (tertiary/aromatic N) is 1. The Hall–Kier alpha value is -2.34. The van der Waals surface area contributed by atoms with Gasteiger partial charge in [0.05, 0.1) is 18.7 Å². The number of ether oxygens (including phenoxy) is 2. The lowest BCUT2D eigenvalue weighted by Crippen LogP contribution is -2.42. The van der Waals surface area contributed by atoms with E-state index in [-0.39, 0.29) is 18.1 Å². The van der Waals surface area contributed by atoms with Crippen LogP contribution < -0.4 is 10.1 Å². The summed E-state index contributed by atoms with van der Waals surface area (Å²) in [5, 5.41) is 14.8. The van der Waals surface area contributed by atoms with E-state index in [1.807, 2.05) is 45.0 Å². The molecule has 0 radical (unpaired) electrons. The first kappa shape index (κ1) is 21.4. The molecule has 0 aliphatic heterocycles. The first-order valence-corrected chi connectivity index (χ1v) is 10.3. The van der Waals surface area contributed by atoms with Crippen LogP contribution in [0.25, 0.3) is 10.9 Å². The number of pyridine rings is 1. The molecule has 1 fully saturated rings. The number of carbonyl (C=O) groups excluding carboxylic acids is 1. The summed E-state index contributed by atoms with van der Waals surface area (Å²) in [5.41, 5.74) is 1.49. The molecular weight excluding hydrogens is 368 g/mol.